The van der Waals surface area contributed by atoms with E-state index in [4.69, 9.17) is 5.11 Å². The van der Waals surface area contributed by atoms with Crippen LogP contribution in [0.5, 0.6) is 0 Å². The summed E-state index contributed by atoms with van der Waals surface area (Å²) in [4.78, 5) is 13.5. The van der Waals surface area contributed by atoms with Crippen LogP contribution in [0.25, 0.3) is 11.0 Å². The van der Waals surface area contributed by atoms with Gasteiger partial charge in [-0.2, -0.15) is 5.10 Å². The predicted molar refractivity (Wildman–Crippen MR) is 49.4 cm³/mol. The number of rotatable bonds is 2. The number of carbonyl (C=O) groups is 1. The van der Waals surface area contributed by atoms with Crippen LogP contribution in [0.3, 0.4) is 0 Å². The van der Waals surface area contributed by atoms with Crippen LogP contribution in [0, 0.1) is 0 Å². The van der Waals surface area contributed by atoms with E-state index in [1.807, 2.05) is 0 Å². The van der Waals surface area contributed by atoms with Crippen molar-refractivity contribution in [1.29, 1.82) is 0 Å². The van der Waals surface area contributed by atoms with Crippen molar-refractivity contribution in [3.8, 4) is 0 Å². The zero-order valence-electron chi connectivity index (χ0n) is 7.37. The molecule has 14 heavy (non-hydrogen) atoms. The highest BCUT2D eigenvalue weighted by Gasteiger charge is 2.28. The fraction of sp³-hybridized carbons (Fsp3) is 0.333. The van der Waals surface area contributed by atoms with Gasteiger partial charge < -0.3 is 10.1 Å². The van der Waals surface area contributed by atoms with E-state index in [2.05, 4.69) is 15.2 Å². The summed E-state index contributed by atoms with van der Waals surface area (Å²) >= 11 is 0. The highest BCUT2D eigenvalue weighted by atomic mass is 16.4. The average Bonchev–Trinajstić information content (AvgIpc) is 2.77. The van der Waals surface area contributed by atoms with Crippen molar-refractivity contribution in [2.24, 2.45) is 0 Å². The van der Waals surface area contributed by atoms with Gasteiger partial charge in [0.25, 0.3) is 0 Å². The molecule has 0 atom stereocenters. The first-order valence-electron chi connectivity index (χ1n) is 4.56. The normalized spacial score (nSPS) is 16.3. The van der Waals surface area contributed by atoms with Gasteiger partial charge in [0, 0.05) is 17.0 Å². The molecular weight excluding hydrogens is 182 g/mol. The summed E-state index contributed by atoms with van der Waals surface area (Å²) in [6.07, 6.45) is 2.34. The average molecular weight is 191 g/mol. The van der Waals surface area contributed by atoms with Crippen LogP contribution < -0.4 is 0 Å². The van der Waals surface area contributed by atoms with Gasteiger partial charge in [0.2, 0.25) is 0 Å². The first-order chi connectivity index (χ1) is 6.75. The van der Waals surface area contributed by atoms with E-state index in [1.54, 1.807) is 6.07 Å². The van der Waals surface area contributed by atoms with Crippen LogP contribution in [0.15, 0.2) is 6.07 Å². The largest absolute Gasteiger partial charge is 0.477 e. The molecule has 3 N–H and O–H groups in total. The minimum atomic E-state index is -0.940. The lowest BCUT2D eigenvalue weighted by atomic mass is 10.2. The Morgan fingerprint density at radius 2 is 2.36 bits per heavy atom. The van der Waals surface area contributed by atoms with Crippen molar-refractivity contribution >= 4 is 17.0 Å². The molecule has 0 aromatic carbocycles. The van der Waals surface area contributed by atoms with E-state index in [0.29, 0.717) is 11.6 Å². The first-order valence-corrected chi connectivity index (χ1v) is 4.56. The summed E-state index contributed by atoms with van der Waals surface area (Å²) in [6, 6.07) is 1.65. The molecule has 5 heteroatoms. The van der Waals surface area contributed by atoms with E-state index in [0.717, 1.165) is 11.1 Å². The van der Waals surface area contributed by atoms with Crippen LogP contribution in [0.4, 0.5) is 0 Å². The quantitative estimate of drug-likeness (QED) is 0.672. The fourth-order valence-corrected chi connectivity index (χ4v) is 1.71. The number of nitrogens with one attached hydrogen (secondary N) is 2. The molecule has 1 aliphatic rings. The molecule has 2 aromatic rings. The van der Waals surface area contributed by atoms with Gasteiger partial charge in [-0.1, -0.05) is 0 Å². The lowest BCUT2D eigenvalue weighted by Crippen LogP contribution is -1.95. The molecule has 2 aromatic heterocycles. The molecule has 1 fully saturated rings. The number of hydrogen-bond donors (Lipinski definition) is 3. The predicted octanol–water partition coefficient (Wildman–Crippen LogP) is 1.47. The molecule has 0 saturated heterocycles. The third-order valence-corrected chi connectivity index (χ3v) is 2.59. The van der Waals surface area contributed by atoms with Crippen molar-refractivity contribution < 1.29 is 9.90 Å². The fourth-order valence-electron chi connectivity index (χ4n) is 1.71. The third-order valence-electron chi connectivity index (χ3n) is 2.59. The number of H-pyrrole nitrogens is 2. The van der Waals surface area contributed by atoms with Gasteiger partial charge in [0.05, 0.1) is 0 Å². The molecule has 5 nitrogen and oxygen atoms in total. The second kappa shape index (κ2) is 2.37. The summed E-state index contributed by atoms with van der Waals surface area (Å²) in [6.45, 7) is 0. The number of aromatic amines is 2. The Morgan fingerprint density at radius 1 is 1.57 bits per heavy atom. The minimum absolute atomic E-state index is 0.207. The Hall–Kier alpha value is -1.78. The molecule has 3 rings (SSSR count). The molecule has 0 amide bonds. The van der Waals surface area contributed by atoms with Gasteiger partial charge in [-0.25, -0.2) is 4.79 Å². The SMILES string of the molecule is O=C(O)c1cc2c(C3CC3)[nH]nc2[nH]1. The Morgan fingerprint density at radius 3 is 3.00 bits per heavy atom. The molecule has 1 saturated carbocycles. The van der Waals surface area contributed by atoms with Gasteiger partial charge in [0.1, 0.15) is 5.69 Å². The van der Waals surface area contributed by atoms with Crippen molar-refractivity contribution in [3.05, 3.63) is 17.5 Å². The number of aromatic carboxylic acids is 1. The Kier molecular flexibility index (Phi) is 1.29. The van der Waals surface area contributed by atoms with E-state index in [-0.39, 0.29) is 5.69 Å². The van der Waals surface area contributed by atoms with E-state index in [1.165, 1.54) is 12.8 Å². The number of carboxylic acids is 1. The molecule has 1 aliphatic carbocycles. The lowest BCUT2D eigenvalue weighted by molar-refractivity contribution is 0.0691. The van der Waals surface area contributed by atoms with Crippen LogP contribution in [0.2, 0.25) is 0 Å². The molecule has 2 heterocycles. The van der Waals surface area contributed by atoms with Crippen LogP contribution in [-0.4, -0.2) is 26.3 Å². The Bertz CT molecular complexity index is 507. The van der Waals surface area contributed by atoms with E-state index < -0.39 is 5.97 Å². The van der Waals surface area contributed by atoms with Crippen LogP contribution in [0.1, 0.15) is 34.9 Å². The van der Waals surface area contributed by atoms with Gasteiger partial charge in [-0.3, -0.25) is 5.10 Å². The maximum Gasteiger partial charge on any atom is 0.352 e. The zero-order valence-corrected chi connectivity index (χ0v) is 7.37. The molecular formula is C9H9N3O2. The molecule has 72 valence electrons. The number of nitrogens with zero attached hydrogens (tertiary/aromatic N) is 1. The van der Waals surface area contributed by atoms with Crippen molar-refractivity contribution in [3.63, 3.8) is 0 Å². The van der Waals surface area contributed by atoms with Gasteiger partial charge in [0.15, 0.2) is 5.65 Å². The van der Waals surface area contributed by atoms with Gasteiger partial charge in [-0.15, -0.1) is 0 Å². The maximum atomic E-state index is 10.7. The molecule has 0 aliphatic heterocycles. The zero-order chi connectivity index (χ0) is 9.71. The highest BCUT2D eigenvalue weighted by molar-refractivity contribution is 5.93. The van der Waals surface area contributed by atoms with Crippen molar-refractivity contribution in [2.45, 2.75) is 18.8 Å². The third kappa shape index (κ3) is 0.951. The summed E-state index contributed by atoms with van der Waals surface area (Å²) < 4.78 is 0. The second-order valence-corrected chi connectivity index (χ2v) is 3.66. The van der Waals surface area contributed by atoms with Crippen LogP contribution >= 0.6 is 0 Å². The second-order valence-electron chi connectivity index (χ2n) is 3.66. The van der Waals surface area contributed by atoms with E-state index in [9.17, 15) is 4.79 Å². The molecule has 0 unspecified atom stereocenters. The minimum Gasteiger partial charge on any atom is -0.477 e. The standard InChI is InChI=1S/C9H9N3O2/c13-9(14)6-3-5-7(4-1-2-4)11-12-8(5)10-6/h3-4H,1-2H2,(H,13,14)(H2,10,11,12). The van der Waals surface area contributed by atoms with Crippen molar-refractivity contribution in [1.82, 2.24) is 15.2 Å². The Labute approximate surface area is 79.1 Å². The van der Waals surface area contributed by atoms with Gasteiger partial charge >= 0.3 is 5.97 Å². The number of carboxylic acid groups (broad SMARTS) is 1. The monoisotopic (exact) mass is 191 g/mol. The number of fused-ring (bicyclic) bond motifs is 1. The number of hydrogen-bond acceptors (Lipinski definition) is 2. The smallest absolute Gasteiger partial charge is 0.352 e. The first kappa shape index (κ1) is 7.61. The summed E-state index contributed by atoms with van der Waals surface area (Å²) in [5.41, 5.74) is 1.92. The summed E-state index contributed by atoms with van der Waals surface area (Å²) in [7, 11) is 0. The molecule has 0 spiro atoms. The molecule has 0 radical (unpaired) electrons. The lowest BCUT2D eigenvalue weighted by Gasteiger charge is -1.88. The summed E-state index contributed by atoms with van der Waals surface area (Å²) in [5.74, 6) is -0.387. The van der Waals surface area contributed by atoms with Crippen molar-refractivity contribution in [2.75, 3.05) is 0 Å². The number of aromatic nitrogens is 3. The topological polar surface area (TPSA) is 81.8 Å². The van der Waals surface area contributed by atoms with E-state index >= 15 is 0 Å². The Balaban J connectivity index is 2.18. The van der Waals surface area contributed by atoms with Gasteiger partial charge in [-0.05, 0) is 18.9 Å². The maximum absolute atomic E-state index is 10.7. The van der Waals surface area contributed by atoms with Crippen LogP contribution in [-0.2, 0) is 0 Å². The summed E-state index contributed by atoms with van der Waals surface area (Å²) in [5, 5.41) is 16.7. The highest BCUT2D eigenvalue weighted by Crippen LogP contribution is 2.41. The molecule has 0 bridgehead atoms.